The van der Waals surface area contributed by atoms with Crippen LogP contribution in [0.2, 0.25) is 0 Å². The molecule has 3 nitrogen and oxygen atoms in total. The lowest BCUT2D eigenvalue weighted by atomic mass is 9.55. The monoisotopic (exact) mass is 356 g/mol. The van der Waals surface area contributed by atoms with Gasteiger partial charge in [0.05, 0.1) is 5.41 Å². The number of rotatable bonds is 1. The first-order valence-corrected chi connectivity index (χ1v) is 10.2. The zero-order valence-corrected chi connectivity index (χ0v) is 16.5. The van der Waals surface area contributed by atoms with Crippen LogP contribution in [0.5, 0.6) is 5.75 Å². The fourth-order valence-corrected chi connectivity index (χ4v) is 6.02. The van der Waals surface area contributed by atoms with Crippen molar-refractivity contribution in [2.45, 2.75) is 78.2 Å². The van der Waals surface area contributed by atoms with E-state index in [1.165, 1.54) is 30.4 Å². The first-order valence-electron chi connectivity index (χ1n) is 10.2. The highest BCUT2D eigenvalue weighted by Crippen LogP contribution is 2.61. The van der Waals surface area contributed by atoms with E-state index in [4.69, 9.17) is 4.74 Å². The fraction of sp³-hybridized carbons (Fsp3) is 0.696. The van der Waals surface area contributed by atoms with Crippen molar-refractivity contribution in [3.8, 4) is 5.75 Å². The Morgan fingerprint density at radius 1 is 1.19 bits per heavy atom. The minimum Gasteiger partial charge on any atom is -0.508 e. The maximum absolute atomic E-state index is 12.5. The maximum Gasteiger partial charge on any atom is 0.311 e. The maximum atomic E-state index is 12.5. The minimum atomic E-state index is -0.433. The molecule has 0 bridgehead atoms. The second-order valence-electron chi connectivity index (χ2n) is 10.1. The first-order chi connectivity index (χ1) is 12.2. The first kappa shape index (κ1) is 17.9. The normalized spacial score (nSPS) is 36.0. The number of hydrogen-bond acceptors (Lipinski definition) is 3. The van der Waals surface area contributed by atoms with Crippen molar-refractivity contribution in [1.82, 2.24) is 0 Å². The zero-order chi connectivity index (χ0) is 18.7. The topological polar surface area (TPSA) is 46.5 Å². The third-order valence-electron chi connectivity index (χ3n) is 7.48. The Balaban J connectivity index is 1.57. The number of aryl methyl sites for hydroxylation is 1. The van der Waals surface area contributed by atoms with Gasteiger partial charge in [0.2, 0.25) is 0 Å². The van der Waals surface area contributed by atoms with Gasteiger partial charge >= 0.3 is 5.97 Å². The molecule has 142 valence electrons. The minimum absolute atomic E-state index is 0.0593. The lowest BCUT2D eigenvalue weighted by molar-refractivity contribution is -0.167. The molecule has 3 heteroatoms. The van der Waals surface area contributed by atoms with Crippen LogP contribution in [0.25, 0.3) is 0 Å². The SMILES string of the molecule is CC(C)(C)C(=O)OC1CCC2C3CCc4cc(O)ccc4C3CCC12C. The van der Waals surface area contributed by atoms with E-state index in [0.717, 1.165) is 19.3 Å². The van der Waals surface area contributed by atoms with Crippen molar-refractivity contribution < 1.29 is 14.6 Å². The number of carbonyl (C=O) groups excluding carboxylic acids is 1. The Morgan fingerprint density at radius 3 is 2.69 bits per heavy atom. The molecule has 1 aromatic carbocycles. The number of hydrogen-bond donors (Lipinski definition) is 1. The molecule has 5 unspecified atom stereocenters. The van der Waals surface area contributed by atoms with E-state index in [0.29, 0.717) is 23.5 Å². The van der Waals surface area contributed by atoms with Gasteiger partial charge in [0.1, 0.15) is 11.9 Å². The molecular weight excluding hydrogens is 324 g/mol. The van der Waals surface area contributed by atoms with Crippen LogP contribution in [0.15, 0.2) is 18.2 Å². The molecule has 0 aliphatic heterocycles. The van der Waals surface area contributed by atoms with Crippen LogP contribution in [-0.2, 0) is 16.0 Å². The van der Waals surface area contributed by atoms with Gasteiger partial charge in [-0.2, -0.15) is 0 Å². The van der Waals surface area contributed by atoms with E-state index >= 15 is 0 Å². The summed E-state index contributed by atoms with van der Waals surface area (Å²) in [6.07, 6.45) is 6.80. The van der Waals surface area contributed by atoms with E-state index < -0.39 is 5.41 Å². The van der Waals surface area contributed by atoms with Gasteiger partial charge in [0.15, 0.2) is 0 Å². The van der Waals surface area contributed by atoms with E-state index in [9.17, 15) is 9.90 Å². The number of phenolic OH excluding ortho intramolecular Hbond substituents is 1. The second-order valence-corrected chi connectivity index (χ2v) is 10.1. The van der Waals surface area contributed by atoms with Crippen LogP contribution in [-0.4, -0.2) is 17.2 Å². The smallest absolute Gasteiger partial charge is 0.311 e. The third kappa shape index (κ3) is 2.75. The van der Waals surface area contributed by atoms with Crippen molar-refractivity contribution in [2.75, 3.05) is 0 Å². The van der Waals surface area contributed by atoms with Crippen LogP contribution in [0.3, 0.4) is 0 Å². The number of aromatic hydroxyl groups is 1. The molecule has 0 aromatic heterocycles. The number of phenols is 1. The highest BCUT2D eigenvalue weighted by atomic mass is 16.5. The van der Waals surface area contributed by atoms with Gasteiger partial charge in [-0.1, -0.05) is 13.0 Å². The number of carbonyl (C=O) groups is 1. The largest absolute Gasteiger partial charge is 0.508 e. The van der Waals surface area contributed by atoms with Crippen molar-refractivity contribution in [3.63, 3.8) is 0 Å². The van der Waals surface area contributed by atoms with Gasteiger partial charge < -0.3 is 9.84 Å². The van der Waals surface area contributed by atoms with Gasteiger partial charge in [-0.25, -0.2) is 0 Å². The molecule has 0 amide bonds. The average molecular weight is 357 g/mol. The quantitative estimate of drug-likeness (QED) is 0.703. The lowest BCUT2D eigenvalue weighted by Gasteiger charge is -2.50. The molecule has 0 heterocycles. The van der Waals surface area contributed by atoms with Gasteiger partial charge in [-0.15, -0.1) is 0 Å². The summed E-state index contributed by atoms with van der Waals surface area (Å²) in [7, 11) is 0. The van der Waals surface area contributed by atoms with E-state index in [1.54, 1.807) is 0 Å². The van der Waals surface area contributed by atoms with E-state index in [-0.39, 0.29) is 17.5 Å². The summed E-state index contributed by atoms with van der Waals surface area (Å²) in [5, 5.41) is 9.81. The van der Waals surface area contributed by atoms with Gasteiger partial charge in [-0.05, 0) is 100 Å². The number of esters is 1. The van der Waals surface area contributed by atoms with E-state index in [1.807, 2.05) is 32.9 Å². The fourth-order valence-electron chi connectivity index (χ4n) is 6.02. The zero-order valence-electron chi connectivity index (χ0n) is 16.5. The summed E-state index contributed by atoms with van der Waals surface area (Å²) in [5.41, 5.74) is 2.48. The highest BCUT2D eigenvalue weighted by Gasteiger charge is 2.56. The second kappa shape index (κ2) is 6.00. The van der Waals surface area contributed by atoms with Gasteiger partial charge in [0.25, 0.3) is 0 Å². The van der Waals surface area contributed by atoms with Gasteiger partial charge in [-0.3, -0.25) is 4.79 Å². The molecule has 0 saturated heterocycles. The Bertz CT molecular complexity index is 717. The molecule has 1 N–H and O–H groups in total. The molecule has 0 spiro atoms. The predicted octanol–water partition coefficient (Wildman–Crippen LogP) is 5.21. The molecule has 2 fully saturated rings. The van der Waals surface area contributed by atoms with E-state index in [2.05, 4.69) is 13.0 Å². The Kier molecular flexibility index (Phi) is 4.13. The Labute approximate surface area is 157 Å². The number of fused-ring (bicyclic) bond motifs is 5. The summed E-state index contributed by atoms with van der Waals surface area (Å²) in [6.45, 7) is 8.19. The third-order valence-corrected chi connectivity index (χ3v) is 7.48. The summed E-state index contributed by atoms with van der Waals surface area (Å²) in [4.78, 5) is 12.5. The molecule has 3 aliphatic carbocycles. The molecular formula is C23H32O3. The van der Waals surface area contributed by atoms with Crippen LogP contribution < -0.4 is 0 Å². The highest BCUT2D eigenvalue weighted by molar-refractivity contribution is 5.75. The summed E-state index contributed by atoms with van der Waals surface area (Å²) >= 11 is 0. The summed E-state index contributed by atoms with van der Waals surface area (Å²) < 4.78 is 6.04. The molecule has 4 rings (SSSR count). The average Bonchev–Trinajstić information content (AvgIpc) is 2.90. The summed E-state index contributed by atoms with van der Waals surface area (Å²) in [5.74, 6) is 2.26. The summed E-state index contributed by atoms with van der Waals surface area (Å²) in [6, 6.07) is 5.95. The van der Waals surface area contributed by atoms with Crippen molar-refractivity contribution in [3.05, 3.63) is 29.3 Å². The predicted molar refractivity (Wildman–Crippen MR) is 102 cm³/mol. The van der Waals surface area contributed by atoms with Crippen LogP contribution in [0.1, 0.15) is 76.8 Å². The van der Waals surface area contributed by atoms with Crippen LogP contribution in [0, 0.1) is 22.7 Å². The van der Waals surface area contributed by atoms with Gasteiger partial charge in [0, 0.05) is 5.41 Å². The van der Waals surface area contributed by atoms with Crippen LogP contribution >= 0.6 is 0 Å². The number of ether oxygens (including phenoxy) is 1. The molecule has 2 saturated carbocycles. The van der Waals surface area contributed by atoms with Crippen molar-refractivity contribution >= 4 is 5.97 Å². The molecule has 1 aromatic rings. The van der Waals surface area contributed by atoms with Crippen molar-refractivity contribution in [1.29, 1.82) is 0 Å². The number of benzene rings is 1. The standard InChI is InChI=1S/C23H32O3/c1-22(2,3)21(25)26-20-10-9-19-18-7-5-14-13-15(24)6-8-16(14)17(18)11-12-23(19,20)4/h6,8,13,17-20,24H,5,7,9-12H2,1-4H3. The molecule has 0 radical (unpaired) electrons. The van der Waals surface area contributed by atoms with Crippen LogP contribution in [0.4, 0.5) is 0 Å². The van der Waals surface area contributed by atoms with Crippen molar-refractivity contribution in [2.24, 2.45) is 22.7 Å². The lowest BCUT2D eigenvalue weighted by Crippen LogP contribution is -2.46. The molecule has 3 aliphatic rings. The molecule has 5 atom stereocenters. The molecule has 26 heavy (non-hydrogen) atoms. The Hall–Kier alpha value is -1.51. The Morgan fingerprint density at radius 2 is 1.96 bits per heavy atom.